The maximum absolute atomic E-state index is 12.0. The number of nitrogens with two attached hydrogens (primary N) is 1. The number of anilines is 2. The Kier molecular flexibility index (Phi) is 4.76. The third-order valence-corrected chi connectivity index (χ3v) is 4.91. The van der Waals surface area contributed by atoms with E-state index in [1.807, 2.05) is 19.1 Å². The summed E-state index contributed by atoms with van der Waals surface area (Å²) in [4.78, 5) is 14.3. The van der Waals surface area contributed by atoms with Crippen LogP contribution in [0, 0.1) is 5.41 Å². The molecule has 1 fully saturated rings. The Bertz CT molecular complexity index is 509. The average molecular weight is 289 g/mol. The van der Waals surface area contributed by atoms with Gasteiger partial charge in [0.15, 0.2) is 0 Å². The van der Waals surface area contributed by atoms with E-state index in [1.54, 1.807) is 6.07 Å². The zero-order valence-electron chi connectivity index (χ0n) is 13.4. The minimum Gasteiger partial charge on any atom is -0.397 e. The van der Waals surface area contributed by atoms with Crippen LogP contribution in [-0.4, -0.2) is 25.5 Å². The fraction of sp³-hybridized carbons (Fsp3) is 0.588. The van der Waals surface area contributed by atoms with Crippen molar-refractivity contribution in [3.05, 3.63) is 23.8 Å². The quantitative estimate of drug-likeness (QED) is 0.819. The summed E-state index contributed by atoms with van der Waals surface area (Å²) in [6.07, 6.45) is 3.58. The number of rotatable bonds is 5. The molecule has 1 heterocycles. The van der Waals surface area contributed by atoms with E-state index >= 15 is 0 Å². The van der Waals surface area contributed by atoms with Gasteiger partial charge >= 0.3 is 0 Å². The molecule has 116 valence electrons. The molecule has 1 amide bonds. The van der Waals surface area contributed by atoms with Crippen molar-refractivity contribution in [1.82, 2.24) is 5.32 Å². The summed E-state index contributed by atoms with van der Waals surface area (Å²) in [5, 5.41) is 2.84. The monoisotopic (exact) mass is 289 g/mol. The highest BCUT2D eigenvalue weighted by molar-refractivity contribution is 5.96. The normalized spacial score (nSPS) is 17.0. The summed E-state index contributed by atoms with van der Waals surface area (Å²) in [6.45, 7) is 9.14. The summed E-state index contributed by atoms with van der Waals surface area (Å²) in [5.74, 6) is -0.0322. The van der Waals surface area contributed by atoms with E-state index in [4.69, 9.17) is 5.73 Å². The Balaban J connectivity index is 2.24. The molecule has 1 aliphatic heterocycles. The van der Waals surface area contributed by atoms with Crippen molar-refractivity contribution in [1.29, 1.82) is 0 Å². The van der Waals surface area contributed by atoms with Crippen molar-refractivity contribution in [3.63, 3.8) is 0 Å². The number of amides is 1. The maximum atomic E-state index is 12.0. The molecule has 0 radical (unpaired) electrons. The fourth-order valence-corrected chi connectivity index (χ4v) is 3.19. The number of benzene rings is 1. The van der Waals surface area contributed by atoms with Crippen molar-refractivity contribution < 1.29 is 4.79 Å². The third-order valence-electron chi connectivity index (χ3n) is 4.91. The largest absolute Gasteiger partial charge is 0.397 e. The molecule has 3 N–H and O–H groups in total. The molecule has 0 saturated carbocycles. The molecule has 0 bridgehead atoms. The summed E-state index contributed by atoms with van der Waals surface area (Å²) >= 11 is 0. The van der Waals surface area contributed by atoms with Crippen LogP contribution < -0.4 is 16.0 Å². The van der Waals surface area contributed by atoms with E-state index in [-0.39, 0.29) is 5.91 Å². The Morgan fingerprint density at radius 2 is 2.05 bits per heavy atom. The average Bonchev–Trinajstić information content (AvgIpc) is 2.93. The number of carbonyl (C=O) groups excluding carboxylic acids is 1. The lowest BCUT2D eigenvalue weighted by molar-refractivity contribution is 0.0956. The minimum absolute atomic E-state index is 0.0322. The first-order valence-electron chi connectivity index (χ1n) is 7.98. The van der Waals surface area contributed by atoms with Gasteiger partial charge in [-0.3, -0.25) is 4.79 Å². The SMILES string of the molecule is CCNC(=O)c1ccc(N)c(N2CCC(CC)(CC)C2)c1. The number of nitrogen functional groups attached to an aromatic ring is 1. The molecule has 0 spiro atoms. The molecule has 0 unspecified atom stereocenters. The van der Waals surface area contributed by atoms with E-state index in [0.717, 1.165) is 24.5 Å². The van der Waals surface area contributed by atoms with Gasteiger partial charge in [0.25, 0.3) is 5.91 Å². The van der Waals surface area contributed by atoms with E-state index in [1.165, 1.54) is 19.3 Å². The van der Waals surface area contributed by atoms with E-state index in [2.05, 4.69) is 24.1 Å². The first-order chi connectivity index (χ1) is 10.0. The standard InChI is InChI=1S/C17H27N3O/c1-4-17(5-2)9-10-20(12-17)15-11-13(7-8-14(15)18)16(21)19-6-3/h7-8,11H,4-6,9-10,12,18H2,1-3H3,(H,19,21). The Hall–Kier alpha value is -1.71. The van der Waals surface area contributed by atoms with Crippen LogP contribution in [-0.2, 0) is 0 Å². The summed E-state index contributed by atoms with van der Waals surface area (Å²) in [5.41, 5.74) is 8.98. The second-order valence-electron chi connectivity index (χ2n) is 6.01. The second-order valence-corrected chi connectivity index (χ2v) is 6.01. The molecule has 1 aliphatic rings. The second kappa shape index (κ2) is 6.37. The van der Waals surface area contributed by atoms with Crippen LogP contribution >= 0.6 is 0 Å². The van der Waals surface area contributed by atoms with Gasteiger partial charge in [-0.2, -0.15) is 0 Å². The Morgan fingerprint density at radius 1 is 1.33 bits per heavy atom. The van der Waals surface area contributed by atoms with Gasteiger partial charge in [0.05, 0.1) is 11.4 Å². The van der Waals surface area contributed by atoms with Gasteiger partial charge in [0.1, 0.15) is 0 Å². The number of carbonyl (C=O) groups is 1. The van der Waals surface area contributed by atoms with Gasteiger partial charge in [-0.1, -0.05) is 13.8 Å². The van der Waals surface area contributed by atoms with E-state index in [0.29, 0.717) is 17.5 Å². The van der Waals surface area contributed by atoms with Crippen molar-refractivity contribution in [2.75, 3.05) is 30.3 Å². The van der Waals surface area contributed by atoms with Gasteiger partial charge in [0.2, 0.25) is 0 Å². The van der Waals surface area contributed by atoms with Crippen molar-refractivity contribution in [2.24, 2.45) is 5.41 Å². The summed E-state index contributed by atoms with van der Waals surface area (Å²) < 4.78 is 0. The van der Waals surface area contributed by atoms with Crippen LogP contribution in [0.3, 0.4) is 0 Å². The maximum Gasteiger partial charge on any atom is 0.251 e. The fourth-order valence-electron chi connectivity index (χ4n) is 3.19. The predicted octanol–water partition coefficient (Wildman–Crippen LogP) is 3.04. The van der Waals surface area contributed by atoms with Gasteiger partial charge in [-0.15, -0.1) is 0 Å². The van der Waals surface area contributed by atoms with Crippen LogP contribution in [0.25, 0.3) is 0 Å². The highest BCUT2D eigenvalue weighted by Gasteiger charge is 2.35. The van der Waals surface area contributed by atoms with Gasteiger partial charge in [-0.05, 0) is 49.8 Å². The van der Waals surface area contributed by atoms with E-state index in [9.17, 15) is 4.79 Å². The first-order valence-corrected chi connectivity index (χ1v) is 7.98. The molecule has 1 aromatic carbocycles. The number of hydrogen-bond donors (Lipinski definition) is 2. The number of nitrogens with zero attached hydrogens (tertiary/aromatic N) is 1. The van der Waals surface area contributed by atoms with Crippen LogP contribution in [0.15, 0.2) is 18.2 Å². The molecule has 2 rings (SSSR count). The van der Waals surface area contributed by atoms with Crippen molar-refractivity contribution in [3.8, 4) is 0 Å². The van der Waals surface area contributed by atoms with Crippen LogP contribution in [0.2, 0.25) is 0 Å². The molecule has 4 nitrogen and oxygen atoms in total. The van der Waals surface area contributed by atoms with Gasteiger partial charge in [0, 0.05) is 25.2 Å². The summed E-state index contributed by atoms with van der Waals surface area (Å²) in [6, 6.07) is 5.58. The zero-order chi connectivity index (χ0) is 15.5. The molecule has 0 aliphatic carbocycles. The molecule has 0 atom stereocenters. The smallest absolute Gasteiger partial charge is 0.251 e. The van der Waals surface area contributed by atoms with Gasteiger partial charge in [-0.25, -0.2) is 0 Å². The van der Waals surface area contributed by atoms with E-state index < -0.39 is 0 Å². The molecule has 0 aromatic heterocycles. The highest BCUT2D eigenvalue weighted by Crippen LogP contribution is 2.40. The summed E-state index contributed by atoms with van der Waals surface area (Å²) in [7, 11) is 0. The molecule has 21 heavy (non-hydrogen) atoms. The third kappa shape index (κ3) is 3.14. The zero-order valence-corrected chi connectivity index (χ0v) is 13.4. The van der Waals surface area contributed by atoms with Crippen LogP contribution in [0.4, 0.5) is 11.4 Å². The molecule has 1 saturated heterocycles. The molecule has 4 heteroatoms. The lowest BCUT2D eigenvalue weighted by Crippen LogP contribution is -2.27. The lowest BCUT2D eigenvalue weighted by Gasteiger charge is -2.28. The predicted molar refractivity (Wildman–Crippen MR) is 88.7 cm³/mol. The molecular weight excluding hydrogens is 262 g/mol. The van der Waals surface area contributed by atoms with Crippen molar-refractivity contribution in [2.45, 2.75) is 40.0 Å². The Morgan fingerprint density at radius 3 is 2.62 bits per heavy atom. The Labute approximate surface area is 127 Å². The molecule has 1 aromatic rings. The lowest BCUT2D eigenvalue weighted by atomic mass is 9.82. The number of hydrogen-bond acceptors (Lipinski definition) is 3. The van der Waals surface area contributed by atoms with Crippen molar-refractivity contribution >= 4 is 17.3 Å². The first kappa shape index (κ1) is 15.7. The molecular formula is C17H27N3O. The van der Waals surface area contributed by atoms with Gasteiger partial charge < -0.3 is 16.0 Å². The highest BCUT2D eigenvalue weighted by atomic mass is 16.1. The van der Waals surface area contributed by atoms with Crippen LogP contribution in [0.1, 0.15) is 50.4 Å². The topological polar surface area (TPSA) is 58.4 Å². The number of nitrogens with one attached hydrogen (secondary N) is 1. The minimum atomic E-state index is -0.0322. The van der Waals surface area contributed by atoms with Crippen LogP contribution in [0.5, 0.6) is 0 Å².